The van der Waals surface area contributed by atoms with Gasteiger partial charge in [0.2, 0.25) is 0 Å². The lowest BCUT2D eigenvalue weighted by atomic mass is 10.1. The highest BCUT2D eigenvalue weighted by atomic mass is 35.5. The zero-order valence-corrected chi connectivity index (χ0v) is 11.3. The number of aromatic amines is 1. The first-order valence-electron chi connectivity index (χ1n) is 6.21. The van der Waals surface area contributed by atoms with Crippen LogP contribution in [0.3, 0.4) is 0 Å². The van der Waals surface area contributed by atoms with Gasteiger partial charge >= 0.3 is 0 Å². The predicted octanol–water partition coefficient (Wildman–Crippen LogP) is 1.91. The van der Waals surface area contributed by atoms with Crippen LogP contribution in [0.25, 0.3) is 0 Å². The Hall–Kier alpha value is -1.65. The summed E-state index contributed by atoms with van der Waals surface area (Å²) in [6, 6.07) is 9.05. The second kappa shape index (κ2) is 6.50. The molecule has 0 bridgehead atoms. The molecule has 0 spiro atoms. The summed E-state index contributed by atoms with van der Waals surface area (Å²) in [6.45, 7) is 0.595. The smallest absolute Gasteiger partial charge is 0.251 e. The van der Waals surface area contributed by atoms with E-state index in [9.17, 15) is 4.79 Å². The van der Waals surface area contributed by atoms with Crippen LogP contribution in [0.1, 0.15) is 23.5 Å². The Bertz CT molecular complexity index is 610. The summed E-state index contributed by atoms with van der Waals surface area (Å²) in [5, 5.41) is 0.680. The van der Waals surface area contributed by atoms with Crippen LogP contribution in [-0.2, 0) is 12.8 Å². The quantitative estimate of drug-likeness (QED) is 0.877. The van der Waals surface area contributed by atoms with Crippen molar-refractivity contribution in [2.75, 3.05) is 6.54 Å². The van der Waals surface area contributed by atoms with Crippen molar-refractivity contribution in [3.05, 3.63) is 62.8 Å². The maximum absolute atomic E-state index is 11.6. The maximum atomic E-state index is 11.6. The Kier molecular flexibility index (Phi) is 4.71. The van der Waals surface area contributed by atoms with Crippen molar-refractivity contribution in [2.45, 2.75) is 19.3 Å². The van der Waals surface area contributed by atoms with Crippen molar-refractivity contribution in [3.63, 3.8) is 0 Å². The van der Waals surface area contributed by atoms with Crippen molar-refractivity contribution in [1.29, 1.82) is 0 Å². The molecule has 1 aromatic heterocycles. The van der Waals surface area contributed by atoms with E-state index in [4.69, 9.17) is 17.3 Å². The number of hydrogen-bond donors (Lipinski definition) is 2. The first kappa shape index (κ1) is 13.8. The lowest BCUT2D eigenvalue weighted by Crippen LogP contribution is -2.14. The van der Waals surface area contributed by atoms with Crippen LogP contribution in [0.5, 0.6) is 0 Å². The van der Waals surface area contributed by atoms with E-state index in [0.29, 0.717) is 23.8 Å². The van der Waals surface area contributed by atoms with E-state index in [1.54, 1.807) is 0 Å². The van der Waals surface area contributed by atoms with Gasteiger partial charge in [-0.25, -0.2) is 4.98 Å². The van der Waals surface area contributed by atoms with Crippen molar-refractivity contribution in [3.8, 4) is 0 Å². The van der Waals surface area contributed by atoms with Crippen LogP contribution >= 0.6 is 11.6 Å². The molecule has 0 unspecified atom stereocenters. The molecule has 19 heavy (non-hydrogen) atoms. The minimum absolute atomic E-state index is 0.126. The van der Waals surface area contributed by atoms with Crippen molar-refractivity contribution >= 4 is 11.6 Å². The van der Waals surface area contributed by atoms with Crippen LogP contribution < -0.4 is 11.3 Å². The molecular weight excluding hydrogens is 262 g/mol. The number of hydrogen-bond acceptors (Lipinski definition) is 3. The third-order valence-corrected chi connectivity index (χ3v) is 2.98. The molecule has 0 atom stereocenters. The average Bonchev–Trinajstić information content (AvgIpc) is 2.35. The number of nitrogens with two attached hydrogens (primary N) is 1. The zero-order chi connectivity index (χ0) is 13.7. The molecule has 0 aliphatic rings. The van der Waals surface area contributed by atoms with Gasteiger partial charge < -0.3 is 10.7 Å². The van der Waals surface area contributed by atoms with Gasteiger partial charge in [0.1, 0.15) is 5.82 Å². The molecule has 1 heterocycles. The number of benzene rings is 1. The van der Waals surface area contributed by atoms with Crippen LogP contribution in [0.2, 0.25) is 5.02 Å². The summed E-state index contributed by atoms with van der Waals surface area (Å²) in [6.07, 6.45) is 2.11. The molecule has 0 aliphatic heterocycles. The third kappa shape index (κ3) is 4.19. The summed E-state index contributed by atoms with van der Waals surface area (Å²) in [5.41, 5.74) is 7.14. The topological polar surface area (TPSA) is 71.8 Å². The Labute approximate surface area is 116 Å². The summed E-state index contributed by atoms with van der Waals surface area (Å²) in [4.78, 5) is 18.8. The SMILES string of the molecule is NCCCc1cc(=O)[nH]c(Cc2cccc(Cl)c2)n1. The Morgan fingerprint density at radius 2 is 2.16 bits per heavy atom. The minimum atomic E-state index is -0.126. The molecular formula is C14H16ClN3O. The van der Waals surface area contributed by atoms with E-state index < -0.39 is 0 Å². The Balaban J connectivity index is 2.20. The fourth-order valence-corrected chi connectivity index (χ4v) is 2.11. The molecule has 4 nitrogen and oxygen atoms in total. The van der Waals surface area contributed by atoms with Gasteiger partial charge in [0.05, 0.1) is 0 Å². The molecule has 2 aromatic rings. The molecule has 0 fully saturated rings. The number of nitrogens with one attached hydrogen (secondary N) is 1. The Morgan fingerprint density at radius 1 is 1.32 bits per heavy atom. The number of nitrogens with zero attached hydrogens (tertiary/aromatic N) is 1. The minimum Gasteiger partial charge on any atom is -0.330 e. The first-order valence-corrected chi connectivity index (χ1v) is 6.59. The number of H-pyrrole nitrogens is 1. The summed E-state index contributed by atoms with van der Waals surface area (Å²) < 4.78 is 0. The normalized spacial score (nSPS) is 10.6. The van der Waals surface area contributed by atoms with E-state index in [2.05, 4.69) is 9.97 Å². The van der Waals surface area contributed by atoms with Crippen molar-refractivity contribution in [1.82, 2.24) is 9.97 Å². The highest BCUT2D eigenvalue weighted by molar-refractivity contribution is 6.30. The van der Waals surface area contributed by atoms with Gasteiger partial charge in [-0.05, 0) is 37.1 Å². The zero-order valence-electron chi connectivity index (χ0n) is 10.5. The maximum Gasteiger partial charge on any atom is 0.251 e. The number of halogens is 1. The van der Waals surface area contributed by atoms with Gasteiger partial charge in [0.25, 0.3) is 5.56 Å². The molecule has 0 saturated heterocycles. The highest BCUT2D eigenvalue weighted by Crippen LogP contribution is 2.12. The predicted molar refractivity (Wildman–Crippen MR) is 76.5 cm³/mol. The van der Waals surface area contributed by atoms with Crippen LogP contribution in [-0.4, -0.2) is 16.5 Å². The number of rotatable bonds is 5. The molecule has 5 heteroatoms. The molecule has 3 N–H and O–H groups in total. The van der Waals surface area contributed by atoms with E-state index >= 15 is 0 Å². The Morgan fingerprint density at radius 3 is 2.89 bits per heavy atom. The lowest BCUT2D eigenvalue weighted by Gasteiger charge is -2.04. The fourth-order valence-electron chi connectivity index (χ4n) is 1.90. The van der Waals surface area contributed by atoms with E-state index in [-0.39, 0.29) is 5.56 Å². The van der Waals surface area contributed by atoms with Crippen molar-refractivity contribution in [2.24, 2.45) is 5.73 Å². The molecule has 0 radical (unpaired) electrons. The molecule has 100 valence electrons. The monoisotopic (exact) mass is 277 g/mol. The highest BCUT2D eigenvalue weighted by Gasteiger charge is 2.03. The second-order valence-electron chi connectivity index (χ2n) is 4.38. The molecule has 0 amide bonds. The van der Waals surface area contributed by atoms with Gasteiger partial charge in [-0.1, -0.05) is 23.7 Å². The third-order valence-electron chi connectivity index (χ3n) is 2.74. The second-order valence-corrected chi connectivity index (χ2v) is 4.82. The number of aromatic nitrogens is 2. The van der Waals surface area contributed by atoms with Crippen LogP contribution in [0.4, 0.5) is 0 Å². The molecule has 2 rings (SSSR count). The first-order chi connectivity index (χ1) is 9.17. The van der Waals surface area contributed by atoms with E-state index in [0.717, 1.165) is 24.1 Å². The lowest BCUT2D eigenvalue weighted by molar-refractivity contribution is 0.787. The van der Waals surface area contributed by atoms with Crippen LogP contribution in [0.15, 0.2) is 35.1 Å². The molecule has 0 aliphatic carbocycles. The van der Waals surface area contributed by atoms with Crippen LogP contribution in [0, 0.1) is 0 Å². The summed E-state index contributed by atoms with van der Waals surface area (Å²) in [5.74, 6) is 0.654. The van der Waals surface area contributed by atoms with E-state index in [1.165, 1.54) is 6.07 Å². The molecule has 1 aromatic carbocycles. The van der Waals surface area contributed by atoms with Gasteiger partial charge in [-0.2, -0.15) is 0 Å². The van der Waals surface area contributed by atoms with Gasteiger partial charge in [0, 0.05) is 23.2 Å². The fraction of sp³-hybridized carbons (Fsp3) is 0.286. The largest absolute Gasteiger partial charge is 0.330 e. The average molecular weight is 278 g/mol. The number of aryl methyl sites for hydroxylation is 1. The van der Waals surface area contributed by atoms with E-state index in [1.807, 2.05) is 24.3 Å². The summed E-state index contributed by atoms with van der Waals surface area (Å²) >= 11 is 5.94. The molecule has 0 saturated carbocycles. The van der Waals surface area contributed by atoms with Gasteiger partial charge in [0.15, 0.2) is 0 Å². The standard InChI is InChI=1S/C14H16ClN3O/c15-11-4-1-3-10(7-11)8-13-17-12(5-2-6-16)9-14(19)18-13/h1,3-4,7,9H,2,5-6,8,16H2,(H,17,18,19). The van der Waals surface area contributed by atoms with Gasteiger partial charge in [-0.15, -0.1) is 0 Å². The van der Waals surface area contributed by atoms with Crippen molar-refractivity contribution < 1.29 is 0 Å². The van der Waals surface area contributed by atoms with Gasteiger partial charge in [-0.3, -0.25) is 4.79 Å². The summed E-state index contributed by atoms with van der Waals surface area (Å²) in [7, 11) is 0.